The Bertz CT molecular complexity index is 456. The van der Waals surface area contributed by atoms with Crippen LogP contribution in [0, 0.1) is 5.92 Å². The molecule has 0 spiro atoms. The Hall–Kier alpha value is -2.04. The third kappa shape index (κ3) is 4.99. The number of carbonyl (C=O) groups is 1. The monoisotopic (exact) mass is 264 g/mol. The van der Waals surface area contributed by atoms with Crippen LogP contribution in [0.4, 0.5) is 0 Å². The van der Waals surface area contributed by atoms with E-state index in [1.54, 1.807) is 38.6 Å². The number of methoxy groups -OCH3 is 2. The molecule has 0 aliphatic heterocycles. The molecule has 0 saturated heterocycles. The van der Waals surface area contributed by atoms with E-state index in [4.69, 9.17) is 9.47 Å². The summed E-state index contributed by atoms with van der Waals surface area (Å²) in [5.74, 6) is 1.58. The topological polar surface area (TPSA) is 59.9 Å². The molecule has 1 aromatic rings. The van der Waals surface area contributed by atoms with E-state index in [2.05, 4.69) is 10.5 Å². The number of nitrogens with one attached hydrogen (secondary N) is 1. The van der Waals surface area contributed by atoms with Gasteiger partial charge in [-0.15, -0.1) is 0 Å². The molecule has 1 rings (SSSR count). The van der Waals surface area contributed by atoms with E-state index in [0.717, 1.165) is 5.56 Å². The molecule has 104 valence electrons. The van der Waals surface area contributed by atoms with Gasteiger partial charge in [-0.05, 0) is 24.1 Å². The highest BCUT2D eigenvalue weighted by atomic mass is 16.5. The summed E-state index contributed by atoms with van der Waals surface area (Å²) in [5.41, 5.74) is 3.23. The Morgan fingerprint density at radius 2 is 2.11 bits per heavy atom. The average Bonchev–Trinajstić information content (AvgIpc) is 2.37. The minimum atomic E-state index is -0.104. The molecular weight excluding hydrogens is 244 g/mol. The van der Waals surface area contributed by atoms with Crippen molar-refractivity contribution in [1.82, 2.24) is 5.43 Å². The second-order valence-electron chi connectivity index (χ2n) is 4.50. The Labute approximate surface area is 113 Å². The van der Waals surface area contributed by atoms with Gasteiger partial charge in [0.2, 0.25) is 5.91 Å². The fraction of sp³-hybridized carbons (Fsp3) is 0.429. The van der Waals surface area contributed by atoms with Gasteiger partial charge >= 0.3 is 0 Å². The van der Waals surface area contributed by atoms with Gasteiger partial charge in [-0.25, -0.2) is 5.43 Å². The molecule has 5 heteroatoms. The number of rotatable bonds is 6. The van der Waals surface area contributed by atoms with Gasteiger partial charge in [0.05, 0.1) is 20.4 Å². The molecule has 0 fully saturated rings. The number of hydrogen-bond donors (Lipinski definition) is 1. The van der Waals surface area contributed by atoms with Gasteiger partial charge in [-0.2, -0.15) is 5.10 Å². The first-order valence-electron chi connectivity index (χ1n) is 6.10. The lowest BCUT2D eigenvalue weighted by atomic mass is 10.1. The van der Waals surface area contributed by atoms with Crippen molar-refractivity contribution >= 4 is 12.1 Å². The maximum atomic E-state index is 11.4. The molecular formula is C14H20N2O3. The number of amides is 1. The van der Waals surface area contributed by atoms with E-state index in [9.17, 15) is 4.79 Å². The van der Waals surface area contributed by atoms with Crippen molar-refractivity contribution in [1.29, 1.82) is 0 Å². The van der Waals surface area contributed by atoms with Crippen molar-refractivity contribution < 1.29 is 14.3 Å². The fourth-order valence-electron chi connectivity index (χ4n) is 1.53. The zero-order valence-electron chi connectivity index (χ0n) is 11.8. The highest BCUT2D eigenvalue weighted by Crippen LogP contribution is 2.22. The zero-order valence-corrected chi connectivity index (χ0v) is 11.8. The van der Waals surface area contributed by atoms with E-state index in [0.29, 0.717) is 23.8 Å². The largest absolute Gasteiger partial charge is 0.497 e. The fourth-order valence-corrected chi connectivity index (χ4v) is 1.53. The lowest BCUT2D eigenvalue weighted by Crippen LogP contribution is -2.19. The van der Waals surface area contributed by atoms with Gasteiger partial charge < -0.3 is 9.47 Å². The van der Waals surface area contributed by atoms with Crippen LogP contribution >= 0.6 is 0 Å². The number of benzene rings is 1. The first-order chi connectivity index (χ1) is 9.06. The van der Waals surface area contributed by atoms with E-state index in [-0.39, 0.29) is 5.91 Å². The van der Waals surface area contributed by atoms with Crippen LogP contribution in [0.15, 0.2) is 23.3 Å². The molecule has 1 aromatic carbocycles. The summed E-state index contributed by atoms with van der Waals surface area (Å²) in [5, 5.41) is 3.92. The van der Waals surface area contributed by atoms with Crippen LogP contribution in [-0.4, -0.2) is 26.3 Å². The summed E-state index contributed by atoms with van der Waals surface area (Å²) in [6, 6.07) is 5.38. The minimum Gasteiger partial charge on any atom is -0.497 e. The molecule has 0 aromatic heterocycles. The molecule has 5 nitrogen and oxygen atoms in total. The van der Waals surface area contributed by atoms with Crippen molar-refractivity contribution in [2.24, 2.45) is 11.0 Å². The predicted octanol–water partition coefficient (Wildman–Crippen LogP) is 2.20. The molecule has 0 unspecified atom stereocenters. The van der Waals surface area contributed by atoms with Crippen LogP contribution < -0.4 is 14.9 Å². The molecule has 0 atom stereocenters. The van der Waals surface area contributed by atoms with Gasteiger partial charge in [0.1, 0.15) is 11.5 Å². The quantitative estimate of drug-likeness (QED) is 0.633. The first-order valence-corrected chi connectivity index (χ1v) is 6.10. The van der Waals surface area contributed by atoms with Gasteiger partial charge in [-0.3, -0.25) is 4.79 Å². The highest BCUT2D eigenvalue weighted by molar-refractivity contribution is 5.85. The smallest absolute Gasteiger partial charge is 0.240 e. The molecule has 1 N–H and O–H groups in total. The molecule has 0 radical (unpaired) electrons. The van der Waals surface area contributed by atoms with E-state index in [1.807, 2.05) is 13.8 Å². The predicted molar refractivity (Wildman–Crippen MR) is 74.7 cm³/mol. The molecule has 0 saturated carbocycles. The van der Waals surface area contributed by atoms with Crippen LogP contribution in [0.25, 0.3) is 0 Å². The summed E-state index contributed by atoms with van der Waals surface area (Å²) in [6.07, 6.45) is 1.99. The highest BCUT2D eigenvalue weighted by Gasteiger charge is 2.04. The number of ether oxygens (including phenoxy) is 2. The van der Waals surface area contributed by atoms with Crippen LogP contribution in [0.1, 0.15) is 25.8 Å². The van der Waals surface area contributed by atoms with Crippen LogP contribution in [0.2, 0.25) is 0 Å². The number of hydrazone groups is 1. The molecule has 0 heterocycles. The minimum absolute atomic E-state index is 0.104. The van der Waals surface area contributed by atoms with Gasteiger partial charge in [0.25, 0.3) is 0 Å². The molecule has 0 aliphatic rings. The normalized spacial score (nSPS) is 10.8. The van der Waals surface area contributed by atoms with E-state index >= 15 is 0 Å². The molecule has 19 heavy (non-hydrogen) atoms. The van der Waals surface area contributed by atoms with Crippen molar-refractivity contribution in [2.75, 3.05) is 14.2 Å². The maximum Gasteiger partial charge on any atom is 0.240 e. The van der Waals surface area contributed by atoms with E-state index < -0.39 is 0 Å². The van der Waals surface area contributed by atoms with Gasteiger partial charge in [0.15, 0.2) is 0 Å². The Morgan fingerprint density at radius 3 is 2.68 bits per heavy atom. The number of carbonyl (C=O) groups excluding carboxylic acids is 1. The summed E-state index contributed by atoms with van der Waals surface area (Å²) in [4.78, 5) is 11.4. The summed E-state index contributed by atoms with van der Waals surface area (Å²) in [6.45, 7) is 3.96. The van der Waals surface area contributed by atoms with Crippen molar-refractivity contribution in [2.45, 2.75) is 20.3 Å². The van der Waals surface area contributed by atoms with Crippen molar-refractivity contribution in [3.05, 3.63) is 23.8 Å². The molecule has 1 amide bonds. The third-order valence-corrected chi connectivity index (χ3v) is 2.42. The van der Waals surface area contributed by atoms with E-state index in [1.165, 1.54) is 0 Å². The standard InChI is InChI=1S/C14H20N2O3/c1-10(2)7-14(17)16-15-9-11-8-12(18-3)5-6-13(11)19-4/h5-6,8-10H,7H2,1-4H3,(H,16,17). The average molecular weight is 264 g/mol. The van der Waals surface area contributed by atoms with Crippen LogP contribution in [0.5, 0.6) is 11.5 Å². The summed E-state index contributed by atoms with van der Waals surface area (Å²) in [7, 11) is 3.17. The molecule has 0 bridgehead atoms. The maximum absolute atomic E-state index is 11.4. The Kier molecular flexibility index (Phi) is 5.85. The second kappa shape index (κ2) is 7.41. The van der Waals surface area contributed by atoms with Gasteiger partial charge in [0, 0.05) is 12.0 Å². The van der Waals surface area contributed by atoms with Gasteiger partial charge in [-0.1, -0.05) is 13.8 Å². The SMILES string of the molecule is COc1ccc(OC)c(C=NNC(=O)CC(C)C)c1. The third-order valence-electron chi connectivity index (χ3n) is 2.42. The van der Waals surface area contributed by atoms with Crippen LogP contribution in [-0.2, 0) is 4.79 Å². The zero-order chi connectivity index (χ0) is 14.3. The second-order valence-corrected chi connectivity index (χ2v) is 4.50. The summed E-state index contributed by atoms with van der Waals surface area (Å²) >= 11 is 0. The lowest BCUT2D eigenvalue weighted by Gasteiger charge is -2.07. The first kappa shape index (κ1) is 15.0. The lowest BCUT2D eigenvalue weighted by molar-refractivity contribution is -0.121. The van der Waals surface area contributed by atoms with Crippen LogP contribution in [0.3, 0.4) is 0 Å². The summed E-state index contributed by atoms with van der Waals surface area (Å²) < 4.78 is 10.3. The Balaban J connectivity index is 2.72. The Morgan fingerprint density at radius 1 is 1.37 bits per heavy atom. The number of hydrogen-bond acceptors (Lipinski definition) is 4. The molecule has 0 aliphatic carbocycles. The number of nitrogens with zero attached hydrogens (tertiary/aromatic N) is 1. The van der Waals surface area contributed by atoms with Crippen molar-refractivity contribution in [3.63, 3.8) is 0 Å². The van der Waals surface area contributed by atoms with Crippen molar-refractivity contribution in [3.8, 4) is 11.5 Å².